The second-order valence-electron chi connectivity index (χ2n) is 5.93. The van der Waals surface area contributed by atoms with Crippen LogP contribution in [-0.4, -0.2) is 52.3 Å². The van der Waals surface area contributed by atoms with Gasteiger partial charge in [0.2, 0.25) is 5.91 Å². The lowest BCUT2D eigenvalue weighted by atomic mass is 10.2. The third-order valence-corrected chi connectivity index (χ3v) is 5.36. The van der Waals surface area contributed by atoms with Crippen molar-refractivity contribution in [3.63, 3.8) is 0 Å². The van der Waals surface area contributed by atoms with Crippen LogP contribution in [0.1, 0.15) is 19.3 Å². The van der Waals surface area contributed by atoms with Crippen molar-refractivity contribution in [2.75, 3.05) is 25.5 Å². The fraction of sp³-hybridized carbons (Fsp3) is 0.438. The van der Waals surface area contributed by atoms with Crippen molar-refractivity contribution < 1.29 is 19.2 Å². The first-order valence-corrected chi connectivity index (χ1v) is 9.02. The minimum absolute atomic E-state index is 0.0233. The Bertz CT molecular complexity index is 776. The van der Waals surface area contributed by atoms with Crippen molar-refractivity contribution in [2.45, 2.75) is 24.5 Å². The number of amidine groups is 1. The van der Waals surface area contributed by atoms with Gasteiger partial charge in [-0.05, 0) is 18.9 Å². The molecule has 138 valence electrons. The fourth-order valence-corrected chi connectivity index (χ4v) is 3.94. The molecule has 2 heterocycles. The maximum Gasteiger partial charge on any atom is 0.273 e. The molecule has 0 aromatic heterocycles. The predicted octanol–water partition coefficient (Wildman–Crippen LogP) is 2.03. The molecule has 0 saturated carbocycles. The zero-order valence-electron chi connectivity index (χ0n) is 14.1. The Morgan fingerprint density at radius 2 is 2.19 bits per heavy atom. The average Bonchev–Trinajstić information content (AvgIpc) is 3.25. The zero-order valence-corrected chi connectivity index (χ0v) is 15.0. The van der Waals surface area contributed by atoms with Crippen LogP contribution in [0.15, 0.2) is 23.2 Å². The molecule has 2 aliphatic rings. The van der Waals surface area contributed by atoms with Gasteiger partial charge in [0.1, 0.15) is 11.0 Å². The van der Waals surface area contributed by atoms with Gasteiger partial charge in [-0.1, -0.05) is 11.8 Å². The number of nitrogens with zero attached hydrogens (tertiary/aromatic N) is 3. The second-order valence-corrected chi connectivity index (χ2v) is 7.10. The van der Waals surface area contributed by atoms with E-state index in [9.17, 15) is 19.7 Å². The first-order chi connectivity index (χ1) is 12.5. The van der Waals surface area contributed by atoms with E-state index in [-0.39, 0.29) is 29.7 Å². The minimum Gasteiger partial charge on any atom is -0.494 e. The van der Waals surface area contributed by atoms with Crippen molar-refractivity contribution >= 4 is 40.1 Å². The van der Waals surface area contributed by atoms with E-state index < -0.39 is 10.2 Å². The molecular weight excluding hydrogens is 360 g/mol. The molecule has 2 aliphatic heterocycles. The molecule has 1 saturated heterocycles. The molecule has 0 bridgehead atoms. The maximum atomic E-state index is 12.3. The first-order valence-electron chi connectivity index (χ1n) is 8.14. The molecule has 1 N–H and O–H groups in total. The third-order valence-electron chi connectivity index (χ3n) is 4.15. The van der Waals surface area contributed by atoms with Gasteiger partial charge >= 0.3 is 0 Å². The van der Waals surface area contributed by atoms with Crippen LogP contribution in [0.25, 0.3) is 0 Å². The van der Waals surface area contributed by atoms with Crippen LogP contribution < -0.4 is 10.1 Å². The lowest BCUT2D eigenvalue weighted by molar-refractivity contribution is -0.384. The summed E-state index contributed by atoms with van der Waals surface area (Å²) >= 11 is 1.32. The number of hydrogen-bond donors (Lipinski definition) is 1. The number of methoxy groups -OCH3 is 1. The smallest absolute Gasteiger partial charge is 0.273 e. The number of hydrogen-bond acceptors (Lipinski definition) is 7. The summed E-state index contributed by atoms with van der Waals surface area (Å²) in [6, 6.07) is 3.92. The molecule has 1 fully saturated rings. The number of nitro groups is 1. The van der Waals surface area contributed by atoms with E-state index in [1.165, 1.54) is 37.1 Å². The topological polar surface area (TPSA) is 114 Å². The summed E-state index contributed by atoms with van der Waals surface area (Å²) in [4.78, 5) is 40.8. The lowest BCUT2D eigenvalue weighted by Gasteiger charge is -2.16. The summed E-state index contributed by atoms with van der Waals surface area (Å²) < 4.78 is 5.09. The highest BCUT2D eigenvalue weighted by Crippen LogP contribution is 2.31. The number of benzene rings is 1. The summed E-state index contributed by atoms with van der Waals surface area (Å²) in [7, 11) is 1.36. The molecule has 1 aromatic rings. The molecule has 0 aliphatic carbocycles. The molecule has 0 spiro atoms. The van der Waals surface area contributed by atoms with Gasteiger partial charge in [-0.25, -0.2) is 0 Å². The minimum atomic E-state index is -0.547. The Hall–Kier alpha value is -2.62. The van der Waals surface area contributed by atoms with Gasteiger partial charge in [-0.3, -0.25) is 19.7 Å². The van der Waals surface area contributed by atoms with E-state index in [1.807, 2.05) is 0 Å². The van der Waals surface area contributed by atoms with E-state index in [0.717, 1.165) is 25.9 Å². The standard InChI is InChI=1S/C16H18N4O5S/c1-25-12-8-10(20(23)24)4-5-11(12)17-14(21)9-13-15(22)18-16(26-13)19-6-2-3-7-19/h4-5,8,13H,2-3,6-7,9H2,1H3,(H,17,21). The van der Waals surface area contributed by atoms with Crippen molar-refractivity contribution in [3.05, 3.63) is 28.3 Å². The largest absolute Gasteiger partial charge is 0.494 e. The number of aliphatic imine (C=N–C) groups is 1. The van der Waals surface area contributed by atoms with E-state index in [1.54, 1.807) is 0 Å². The first kappa shape index (κ1) is 18.2. The highest BCUT2D eigenvalue weighted by Gasteiger charge is 2.33. The highest BCUT2D eigenvalue weighted by atomic mass is 32.2. The van der Waals surface area contributed by atoms with Crippen molar-refractivity contribution in [3.8, 4) is 5.75 Å². The molecule has 0 radical (unpaired) electrons. The van der Waals surface area contributed by atoms with Gasteiger partial charge in [0.15, 0.2) is 5.17 Å². The molecule has 1 aromatic carbocycles. The molecule has 9 nitrogen and oxygen atoms in total. The van der Waals surface area contributed by atoms with Crippen LogP contribution in [0, 0.1) is 10.1 Å². The summed E-state index contributed by atoms with van der Waals surface area (Å²) in [5.41, 5.74) is 0.185. The summed E-state index contributed by atoms with van der Waals surface area (Å²) in [6.45, 7) is 1.77. The van der Waals surface area contributed by atoms with Crippen LogP contribution >= 0.6 is 11.8 Å². The average molecular weight is 378 g/mol. The number of thioether (sulfide) groups is 1. The number of carbonyl (C=O) groups is 2. The Labute approximate surface area is 153 Å². The number of rotatable bonds is 5. The number of carbonyl (C=O) groups excluding carboxylic acids is 2. The molecule has 26 heavy (non-hydrogen) atoms. The monoisotopic (exact) mass is 378 g/mol. The zero-order chi connectivity index (χ0) is 18.7. The fourth-order valence-electron chi connectivity index (χ4n) is 2.82. The van der Waals surface area contributed by atoms with Gasteiger partial charge < -0.3 is 15.0 Å². The van der Waals surface area contributed by atoms with E-state index in [2.05, 4.69) is 15.2 Å². The van der Waals surface area contributed by atoms with E-state index >= 15 is 0 Å². The Kier molecular flexibility index (Phi) is 5.40. The summed E-state index contributed by atoms with van der Waals surface area (Å²) in [6.07, 6.45) is 2.14. The quantitative estimate of drug-likeness (QED) is 0.616. The van der Waals surface area contributed by atoms with Crippen LogP contribution in [0.2, 0.25) is 0 Å². The number of ether oxygens (including phenoxy) is 1. The SMILES string of the molecule is COc1cc([N+](=O)[O-])ccc1NC(=O)CC1SC(N2CCCC2)=NC1=O. The normalized spacial score (nSPS) is 19.4. The van der Waals surface area contributed by atoms with Gasteiger partial charge in [0.05, 0.1) is 23.8 Å². The summed E-state index contributed by atoms with van der Waals surface area (Å²) in [5, 5.41) is 13.6. The molecule has 3 rings (SSSR count). The Morgan fingerprint density at radius 3 is 2.85 bits per heavy atom. The predicted molar refractivity (Wildman–Crippen MR) is 97.5 cm³/mol. The highest BCUT2D eigenvalue weighted by molar-refractivity contribution is 8.15. The van der Waals surface area contributed by atoms with E-state index in [4.69, 9.17) is 4.74 Å². The lowest BCUT2D eigenvalue weighted by Crippen LogP contribution is -2.25. The molecule has 2 amide bonds. The number of nitrogens with one attached hydrogen (secondary N) is 1. The molecule has 1 atom stereocenters. The third kappa shape index (κ3) is 3.96. The van der Waals surface area contributed by atoms with Crippen LogP contribution in [0.3, 0.4) is 0 Å². The molecule has 1 unspecified atom stereocenters. The number of likely N-dealkylation sites (tertiary alicyclic amines) is 1. The van der Waals surface area contributed by atoms with Gasteiger partial charge in [0, 0.05) is 25.6 Å². The number of nitro benzene ring substituents is 1. The Morgan fingerprint density at radius 1 is 1.46 bits per heavy atom. The number of non-ortho nitro benzene ring substituents is 1. The van der Waals surface area contributed by atoms with Crippen molar-refractivity contribution in [2.24, 2.45) is 4.99 Å². The summed E-state index contributed by atoms with van der Waals surface area (Å²) in [5.74, 6) is -0.490. The molecule has 10 heteroatoms. The van der Waals surface area contributed by atoms with Gasteiger partial charge in [0.25, 0.3) is 11.6 Å². The van der Waals surface area contributed by atoms with E-state index in [0.29, 0.717) is 10.9 Å². The van der Waals surface area contributed by atoms with Crippen LogP contribution in [0.5, 0.6) is 5.75 Å². The number of anilines is 1. The second kappa shape index (κ2) is 7.73. The molecular formula is C16H18N4O5S. The van der Waals surface area contributed by atoms with Crippen molar-refractivity contribution in [1.82, 2.24) is 4.90 Å². The van der Waals surface area contributed by atoms with Gasteiger partial charge in [-0.15, -0.1) is 0 Å². The Balaban J connectivity index is 1.61. The maximum absolute atomic E-state index is 12.3. The number of amides is 2. The van der Waals surface area contributed by atoms with Crippen LogP contribution in [-0.2, 0) is 9.59 Å². The van der Waals surface area contributed by atoms with Crippen molar-refractivity contribution in [1.29, 1.82) is 0 Å². The van der Waals surface area contributed by atoms with Gasteiger partial charge in [-0.2, -0.15) is 4.99 Å². The van der Waals surface area contributed by atoms with Crippen LogP contribution in [0.4, 0.5) is 11.4 Å².